The number of fused-ring (bicyclic) bond motifs is 1. The van der Waals surface area contributed by atoms with E-state index in [4.69, 9.17) is 0 Å². The Bertz CT molecular complexity index is 1280. The Labute approximate surface area is 188 Å². The van der Waals surface area contributed by atoms with Crippen molar-refractivity contribution in [2.75, 3.05) is 24.3 Å². The summed E-state index contributed by atoms with van der Waals surface area (Å²) in [4.78, 5) is 22.9. The third-order valence-electron chi connectivity index (χ3n) is 5.30. The highest BCUT2D eigenvalue weighted by molar-refractivity contribution is 6.17. The van der Waals surface area contributed by atoms with Gasteiger partial charge in [-0.15, -0.1) is 5.10 Å². The first-order valence-corrected chi connectivity index (χ1v) is 10.1. The van der Waals surface area contributed by atoms with Crippen molar-refractivity contribution in [1.82, 2.24) is 15.2 Å². The van der Waals surface area contributed by atoms with E-state index in [0.717, 1.165) is 17.5 Å². The van der Waals surface area contributed by atoms with Crippen molar-refractivity contribution < 1.29 is 18.0 Å². The molecule has 0 atom stereocenters. The molecule has 4 rings (SSSR count). The summed E-state index contributed by atoms with van der Waals surface area (Å²) in [6.45, 7) is 3.66. The summed E-state index contributed by atoms with van der Waals surface area (Å²) in [6, 6.07) is 9.45. The minimum Gasteiger partial charge on any atom is -0.377 e. The molecule has 2 heterocycles. The number of anilines is 2. The lowest BCUT2D eigenvalue weighted by Crippen LogP contribution is -2.18. The average Bonchev–Trinajstić information content (AvgIpc) is 2.91. The van der Waals surface area contributed by atoms with Gasteiger partial charge in [0.25, 0.3) is 0 Å². The Morgan fingerprint density at radius 2 is 1.73 bits per heavy atom. The van der Waals surface area contributed by atoms with Crippen LogP contribution in [0.5, 0.6) is 0 Å². The number of hydrogen-bond donors (Lipinski definition) is 1. The lowest BCUT2D eigenvalue weighted by atomic mass is 10.0. The normalized spacial score (nSPS) is 13.7. The van der Waals surface area contributed by atoms with Gasteiger partial charge in [-0.05, 0) is 37.6 Å². The van der Waals surface area contributed by atoms with Crippen LogP contribution in [0, 0.1) is 13.8 Å². The molecule has 1 aromatic heterocycles. The Kier molecular flexibility index (Phi) is 5.61. The number of amides is 1. The number of aromatic nitrogens is 3. The van der Waals surface area contributed by atoms with Gasteiger partial charge in [0.15, 0.2) is 5.82 Å². The lowest BCUT2D eigenvalue weighted by molar-refractivity contribution is -0.137. The minimum atomic E-state index is -4.58. The van der Waals surface area contributed by atoms with E-state index >= 15 is 0 Å². The summed E-state index contributed by atoms with van der Waals surface area (Å²) in [6.07, 6.45) is -4.67. The van der Waals surface area contributed by atoms with Gasteiger partial charge < -0.3 is 10.2 Å². The Hall–Kier alpha value is -3.82. The number of hydrogen-bond acceptors (Lipinski definition) is 6. The van der Waals surface area contributed by atoms with Gasteiger partial charge in [-0.25, -0.2) is 4.98 Å². The second-order valence-electron chi connectivity index (χ2n) is 7.95. The number of carbonyl (C=O) groups is 1. The third-order valence-corrected chi connectivity index (χ3v) is 5.30. The van der Waals surface area contributed by atoms with Gasteiger partial charge in [0.05, 0.1) is 46.1 Å². The molecule has 2 aromatic carbocycles. The lowest BCUT2D eigenvalue weighted by Gasteiger charge is -2.21. The number of rotatable bonds is 3. The molecular weight excluding hydrogens is 433 g/mol. The summed E-state index contributed by atoms with van der Waals surface area (Å²) in [5.74, 6) is -0.0172. The summed E-state index contributed by atoms with van der Waals surface area (Å²) in [5, 5.41) is 10.8. The smallest absolute Gasteiger partial charge is 0.377 e. The number of aliphatic imine (C=N–C) groups is 1. The highest BCUT2D eigenvalue weighted by atomic mass is 19.4. The highest BCUT2D eigenvalue weighted by Crippen LogP contribution is 2.43. The Balaban J connectivity index is 1.82. The van der Waals surface area contributed by atoms with Gasteiger partial charge in [-0.2, -0.15) is 18.3 Å². The monoisotopic (exact) mass is 454 g/mol. The van der Waals surface area contributed by atoms with E-state index in [1.54, 1.807) is 18.2 Å². The summed E-state index contributed by atoms with van der Waals surface area (Å²) in [5.41, 5.74) is 2.63. The second kappa shape index (κ2) is 8.27. The number of nitrogens with zero attached hydrogens (tertiary/aromatic N) is 5. The first-order valence-electron chi connectivity index (χ1n) is 10.1. The van der Waals surface area contributed by atoms with Crippen LogP contribution in [-0.2, 0) is 11.0 Å². The van der Waals surface area contributed by atoms with Crippen LogP contribution in [0.4, 0.5) is 30.2 Å². The van der Waals surface area contributed by atoms with Crippen molar-refractivity contribution in [2.45, 2.75) is 26.4 Å². The number of halogens is 3. The topological polar surface area (TPSA) is 83.4 Å². The van der Waals surface area contributed by atoms with Crippen molar-refractivity contribution in [3.05, 3.63) is 58.9 Å². The SMILES string of the molecule is Cc1nnc(-c2cccc(C3=Nc4cc(N(C)C)c(C(F)(F)F)cc4NC(=O)C3)c2)nc1C. The van der Waals surface area contributed by atoms with E-state index in [0.29, 0.717) is 22.7 Å². The van der Waals surface area contributed by atoms with Crippen molar-refractivity contribution in [3.63, 3.8) is 0 Å². The number of benzene rings is 2. The maximum absolute atomic E-state index is 13.6. The second-order valence-corrected chi connectivity index (χ2v) is 7.95. The number of nitrogens with one attached hydrogen (secondary N) is 1. The van der Waals surface area contributed by atoms with Crippen LogP contribution >= 0.6 is 0 Å². The largest absolute Gasteiger partial charge is 0.418 e. The fourth-order valence-corrected chi connectivity index (χ4v) is 3.48. The highest BCUT2D eigenvalue weighted by Gasteiger charge is 2.36. The first kappa shape index (κ1) is 22.4. The van der Waals surface area contributed by atoms with Crippen LogP contribution in [0.15, 0.2) is 41.4 Å². The average molecular weight is 454 g/mol. The van der Waals surface area contributed by atoms with Crippen LogP contribution in [0.25, 0.3) is 11.4 Å². The zero-order chi connectivity index (χ0) is 23.9. The molecule has 1 aliphatic heterocycles. The molecule has 0 bridgehead atoms. The molecule has 7 nitrogen and oxygen atoms in total. The molecule has 1 amide bonds. The Morgan fingerprint density at radius 1 is 1.00 bits per heavy atom. The summed E-state index contributed by atoms with van der Waals surface area (Å²) >= 11 is 0. The summed E-state index contributed by atoms with van der Waals surface area (Å²) in [7, 11) is 3.05. The molecule has 170 valence electrons. The van der Waals surface area contributed by atoms with Gasteiger partial charge in [0.2, 0.25) is 5.91 Å². The van der Waals surface area contributed by atoms with Gasteiger partial charge in [-0.3, -0.25) is 9.79 Å². The molecule has 0 spiro atoms. The molecule has 1 N–H and O–H groups in total. The third kappa shape index (κ3) is 4.55. The van der Waals surface area contributed by atoms with Gasteiger partial charge in [0.1, 0.15) is 0 Å². The molecule has 0 aliphatic carbocycles. The van der Waals surface area contributed by atoms with Crippen molar-refractivity contribution >= 4 is 28.7 Å². The quantitative estimate of drug-likeness (QED) is 0.620. The van der Waals surface area contributed by atoms with E-state index < -0.39 is 17.6 Å². The maximum Gasteiger partial charge on any atom is 0.418 e. The van der Waals surface area contributed by atoms with Crippen molar-refractivity contribution in [2.24, 2.45) is 4.99 Å². The molecule has 0 radical (unpaired) electrons. The maximum atomic E-state index is 13.6. The van der Waals surface area contributed by atoms with E-state index in [2.05, 4.69) is 25.5 Å². The van der Waals surface area contributed by atoms with E-state index in [1.807, 2.05) is 19.9 Å². The van der Waals surface area contributed by atoms with Gasteiger partial charge in [0, 0.05) is 19.7 Å². The molecule has 0 unspecified atom stereocenters. The molecular formula is C23H21F3N6O. The fraction of sp³-hybridized carbons (Fsp3) is 0.261. The van der Waals surface area contributed by atoms with E-state index in [9.17, 15) is 18.0 Å². The van der Waals surface area contributed by atoms with Crippen LogP contribution < -0.4 is 10.2 Å². The van der Waals surface area contributed by atoms with Crippen molar-refractivity contribution in [1.29, 1.82) is 0 Å². The predicted octanol–water partition coefficient (Wildman–Crippen LogP) is 4.70. The Morgan fingerprint density at radius 3 is 2.39 bits per heavy atom. The van der Waals surface area contributed by atoms with E-state index in [-0.39, 0.29) is 23.5 Å². The van der Waals surface area contributed by atoms with Gasteiger partial charge >= 0.3 is 6.18 Å². The number of aryl methyl sites for hydroxylation is 2. The first-order chi connectivity index (χ1) is 15.5. The summed E-state index contributed by atoms with van der Waals surface area (Å²) < 4.78 is 40.8. The van der Waals surface area contributed by atoms with Crippen LogP contribution in [0.1, 0.15) is 28.9 Å². The zero-order valence-corrected chi connectivity index (χ0v) is 18.4. The van der Waals surface area contributed by atoms with E-state index in [1.165, 1.54) is 25.1 Å². The van der Waals surface area contributed by atoms with Crippen LogP contribution in [-0.4, -0.2) is 40.9 Å². The molecule has 0 saturated heterocycles. The number of carbonyl (C=O) groups excluding carboxylic acids is 1. The molecule has 1 aliphatic rings. The standard InChI is InChI=1S/C23H21F3N6O/c1-12-13(2)30-31-22(27-12)15-7-5-6-14(8-15)17-11-21(33)29-18-9-16(23(24,25)26)20(32(3)4)10-19(18)28-17/h5-10H,11H2,1-4H3,(H,29,33). The molecule has 10 heteroatoms. The molecule has 3 aromatic rings. The van der Waals surface area contributed by atoms with Gasteiger partial charge in [-0.1, -0.05) is 18.2 Å². The molecule has 0 fully saturated rings. The zero-order valence-electron chi connectivity index (χ0n) is 18.4. The predicted molar refractivity (Wildman–Crippen MR) is 120 cm³/mol. The van der Waals surface area contributed by atoms with Crippen molar-refractivity contribution in [3.8, 4) is 11.4 Å². The van der Waals surface area contributed by atoms with Crippen LogP contribution in [0.3, 0.4) is 0 Å². The van der Waals surface area contributed by atoms with Crippen LogP contribution in [0.2, 0.25) is 0 Å². The minimum absolute atomic E-state index is 0.0192. The number of alkyl halides is 3. The fourth-order valence-electron chi connectivity index (χ4n) is 3.48. The molecule has 33 heavy (non-hydrogen) atoms. The molecule has 0 saturated carbocycles.